The lowest BCUT2D eigenvalue weighted by Gasteiger charge is -2.26. The Labute approximate surface area is 262 Å². The molecule has 1 aliphatic heterocycles. The predicted molar refractivity (Wildman–Crippen MR) is 170 cm³/mol. The third-order valence-corrected chi connectivity index (χ3v) is 8.29. The van der Waals surface area contributed by atoms with Gasteiger partial charge in [-0.15, -0.1) is 0 Å². The monoisotopic (exact) mass is 620 g/mol. The second-order valence-corrected chi connectivity index (χ2v) is 11.0. The van der Waals surface area contributed by atoms with Gasteiger partial charge in [-0.25, -0.2) is 14.6 Å². The van der Waals surface area contributed by atoms with Crippen LogP contribution in [-0.4, -0.2) is 37.3 Å². The van der Waals surface area contributed by atoms with Gasteiger partial charge in [0, 0.05) is 17.2 Å². The van der Waals surface area contributed by atoms with Crippen LogP contribution in [0.2, 0.25) is 0 Å². The maximum absolute atomic E-state index is 14.1. The molecule has 1 aliphatic rings. The van der Waals surface area contributed by atoms with Crippen molar-refractivity contribution < 1.29 is 28.2 Å². The maximum Gasteiger partial charge on any atom is 0.338 e. The zero-order chi connectivity index (χ0) is 31.5. The molecule has 3 aromatic carbocycles. The summed E-state index contributed by atoms with van der Waals surface area (Å²) >= 11 is 1.19. The molecule has 0 bridgehead atoms. The normalized spacial score (nSPS) is 14.5. The maximum atomic E-state index is 14.1. The molecule has 5 aromatic rings. The summed E-state index contributed by atoms with van der Waals surface area (Å²) in [5, 5.41) is 0. The molecule has 10 heteroatoms. The summed E-state index contributed by atoms with van der Waals surface area (Å²) in [6.45, 7) is 1.89. The molecule has 2 aromatic heterocycles. The Morgan fingerprint density at radius 3 is 2.38 bits per heavy atom. The summed E-state index contributed by atoms with van der Waals surface area (Å²) < 4.78 is 23.7. The zero-order valence-corrected chi connectivity index (χ0v) is 25.5. The molecule has 45 heavy (non-hydrogen) atoms. The summed E-state index contributed by atoms with van der Waals surface area (Å²) in [4.78, 5) is 45.3. The highest BCUT2D eigenvalue weighted by atomic mass is 32.1. The van der Waals surface area contributed by atoms with Crippen molar-refractivity contribution in [2.24, 2.45) is 4.99 Å². The van der Waals surface area contributed by atoms with Crippen LogP contribution in [0, 0.1) is 0 Å². The van der Waals surface area contributed by atoms with Crippen LogP contribution in [0.25, 0.3) is 23.1 Å². The number of esters is 2. The Morgan fingerprint density at radius 1 is 0.933 bits per heavy atom. The lowest BCUT2D eigenvalue weighted by molar-refractivity contribution is -0.138. The molecule has 0 saturated carbocycles. The summed E-state index contributed by atoms with van der Waals surface area (Å²) in [6, 6.07) is 26.2. The second-order valence-electron chi connectivity index (χ2n) is 9.94. The predicted octanol–water partition coefficient (Wildman–Crippen LogP) is 4.99. The summed E-state index contributed by atoms with van der Waals surface area (Å²) in [5.41, 5.74) is 2.68. The van der Waals surface area contributed by atoms with E-state index in [0.717, 1.165) is 5.56 Å². The van der Waals surface area contributed by atoms with E-state index in [1.54, 1.807) is 68.6 Å². The molecule has 3 heterocycles. The van der Waals surface area contributed by atoms with Crippen LogP contribution in [0.5, 0.6) is 5.75 Å². The SMILES string of the molecule is CCOC(=O)C1=C(c2ccccc2)N=c2sc(=Cc3ccc(-c4ccccc4C(=O)OC)o3)c(=O)n2C1c1ccc(OC)cc1. The molecular weight excluding hydrogens is 592 g/mol. The van der Waals surface area contributed by atoms with Gasteiger partial charge >= 0.3 is 11.9 Å². The molecule has 0 radical (unpaired) electrons. The van der Waals surface area contributed by atoms with Crippen molar-refractivity contribution in [2.45, 2.75) is 13.0 Å². The van der Waals surface area contributed by atoms with Crippen molar-refractivity contribution in [1.29, 1.82) is 0 Å². The van der Waals surface area contributed by atoms with Gasteiger partial charge in [-0.3, -0.25) is 9.36 Å². The first-order valence-corrected chi connectivity index (χ1v) is 14.9. The van der Waals surface area contributed by atoms with Crippen LogP contribution in [0.15, 0.2) is 111 Å². The Balaban J connectivity index is 1.54. The zero-order valence-electron chi connectivity index (χ0n) is 24.7. The van der Waals surface area contributed by atoms with Gasteiger partial charge in [-0.1, -0.05) is 72.0 Å². The molecule has 6 rings (SSSR count). The summed E-state index contributed by atoms with van der Waals surface area (Å²) in [5.74, 6) is 0.446. The summed E-state index contributed by atoms with van der Waals surface area (Å²) in [6.07, 6.45) is 1.63. The average Bonchev–Trinajstić information content (AvgIpc) is 3.68. The number of nitrogens with zero attached hydrogens (tertiary/aromatic N) is 2. The number of thiazole rings is 1. The number of aromatic nitrogens is 1. The van der Waals surface area contributed by atoms with Crippen LogP contribution in [0.1, 0.15) is 40.2 Å². The van der Waals surface area contributed by atoms with Gasteiger partial charge in [0.25, 0.3) is 5.56 Å². The largest absolute Gasteiger partial charge is 0.497 e. The van der Waals surface area contributed by atoms with Crippen LogP contribution < -0.4 is 19.6 Å². The Morgan fingerprint density at radius 2 is 1.67 bits per heavy atom. The molecule has 0 amide bonds. The highest BCUT2D eigenvalue weighted by Gasteiger charge is 2.35. The fourth-order valence-electron chi connectivity index (χ4n) is 5.23. The Kier molecular flexibility index (Phi) is 8.30. The third kappa shape index (κ3) is 5.63. The van der Waals surface area contributed by atoms with Crippen molar-refractivity contribution in [2.75, 3.05) is 20.8 Å². The Bertz CT molecular complexity index is 2110. The van der Waals surface area contributed by atoms with E-state index in [1.165, 1.54) is 23.0 Å². The van der Waals surface area contributed by atoms with E-state index >= 15 is 0 Å². The number of hydrogen-bond acceptors (Lipinski definition) is 9. The van der Waals surface area contributed by atoms with Gasteiger partial charge in [0.1, 0.15) is 17.3 Å². The molecule has 0 aliphatic carbocycles. The number of fused-ring (bicyclic) bond motifs is 1. The molecule has 226 valence electrons. The van der Waals surface area contributed by atoms with Crippen molar-refractivity contribution in [1.82, 2.24) is 4.57 Å². The van der Waals surface area contributed by atoms with Crippen LogP contribution in [-0.2, 0) is 14.3 Å². The minimum absolute atomic E-state index is 0.157. The first-order valence-electron chi connectivity index (χ1n) is 14.1. The fourth-order valence-corrected chi connectivity index (χ4v) is 6.21. The van der Waals surface area contributed by atoms with Crippen LogP contribution in [0.4, 0.5) is 0 Å². The first-order chi connectivity index (χ1) is 21.9. The van der Waals surface area contributed by atoms with Gasteiger partial charge in [0.05, 0.1) is 48.2 Å². The number of rotatable bonds is 8. The topological polar surface area (TPSA) is 109 Å². The van der Waals surface area contributed by atoms with Crippen LogP contribution >= 0.6 is 11.3 Å². The van der Waals surface area contributed by atoms with E-state index < -0.39 is 18.0 Å². The lowest BCUT2D eigenvalue weighted by Crippen LogP contribution is -2.40. The fraction of sp³-hybridized carbons (Fsp3) is 0.143. The van der Waals surface area contributed by atoms with E-state index in [1.807, 2.05) is 42.5 Å². The number of carbonyl (C=O) groups is 2. The van der Waals surface area contributed by atoms with E-state index in [0.29, 0.717) is 49.0 Å². The van der Waals surface area contributed by atoms with Gasteiger partial charge in [0.2, 0.25) is 0 Å². The van der Waals surface area contributed by atoms with E-state index in [-0.39, 0.29) is 17.7 Å². The molecule has 9 nitrogen and oxygen atoms in total. The van der Waals surface area contributed by atoms with Gasteiger partial charge in [-0.2, -0.15) is 0 Å². The van der Waals surface area contributed by atoms with Crippen LogP contribution in [0.3, 0.4) is 0 Å². The molecule has 0 fully saturated rings. The average molecular weight is 621 g/mol. The molecule has 1 unspecified atom stereocenters. The number of methoxy groups -OCH3 is 2. The van der Waals surface area contributed by atoms with E-state index in [9.17, 15) is 14.4 Å². The minimum Gasteiger partial charge on any atom is -0.497 e. The highest BCUT2D eigenvalue weighted by Crippen LogP contribution is 2.36. The number of benzene rings is 3. The van der Waals surface area contributed by atoms with Gasteiger partial charge in [-0.05, 0) is 42.8 Å². The molecule has 0 spiro atoms. The minimum atomic E-state index is -0.817. The van der Waals surface area contributed by atoms with E-state index in [4.69, 9.17) is 23.6 Å². The quantitative estimate of drug-likeness (QED) is 0.225. The third-order valence-electron chi connectivity index (χ3n) is 7.30. The first kappa shape index (κ1) is 29.6. The lowest BCUT2D eigenvalue weighted by atomic mass is 9.93. The Hall–Kier alpha value is -5.48. The standard InChI is InChI=1S/C35H28N2O7S/c1-4-43-34(40)29-30(21-10-6-5-7-11-21)36-35-37(31(29)22-14-16-23(41-2)17-15-22)32(38)28(45-35)20-24-18-19-27(44-24)25-12-8-9-13-26(25)33(39)42-3/h5-20,31H,4H2,1-3H3. The molecule has 1 atom stereocenters. The highest BCUT2D eigenvalue weighted by molar-refractivity contribution is 7.07. The number of furan rings is 1. The number of ether oxygens (including phenoxy) is 3. The van der Waals surface area contributed by atoms with E-state index in [2.05, 4.69) is 0 Å². The molecular formula is C35H28N2O7S. The van der Waals surface area contributed by atoms with Crippen molar-refractivity contribution in [3.05, 3.63) is 139 Å². The van der Waals surface area contributed by atoms with Gasteiger partial charge < -0.3 is 18.6 Å². The number of hydrogen-bond donors (Lipinski definition) is 0. The molecule has 0 saturated heterocycles. The van der Waals surface area contributed by atoms with Crippen molar-refractivity contribution in [3.8, 4) is 17.1 Å². The smallest absolute Gasteiger partial charge is 0.338 e. The second kappa shape index (κ2) is 12.6. The molecule has 0 N–H and O–H groups in total. The van der Waals surface area contributed by atoms with Crippen molar-refractivity contribution in [3.63, 3.8) is 0 Å². The van der Waals surface area contributed by atoms with Crippen molar-refractivity contribution >= 4 is 35.0 Å². The number of carbonyl (C=O) groups excluding carboxylic acids is 2. The van der Waals surface area contributed by atoms with Gasteiger partial charge in [0.15, 0.2) is 4.80 Å². The summed E-state index contributed by atoms with van der Waals surface area (Å²) in [7, 11) is 2.89.